The van der Waals surface area contributed by atoms with E-state index in [9.17, 15) is 14.7 Å². The molecule has 2 aliphatic heterocycles. The van der Waals surface area contributed by atoms with E-state index in [1.165, 1.54) is 0 Å². The number of hydrogen-bond acceptors (Lipinski definition) is 7. The Labute approximate surface area is 269 Å². The number of aryl methyl sites for hydroxylation is 1. The summed E-state index contributed by atoms with van der Waals surface area (Å²) < 4.78 is 19.7. The summed E-state index contributed by atoms with van der Waals surface area (Å²) in [7, 11) is 4.02. The number of aliphatic hydroxyl groups is 1. The lowest BCUT2D eigenvalue weighted by atomic mass is 10.0. The maximum absolute atomic E-state index is 13.6. The molecule has 0 fully saturated rings. The van der Waals surface area contributed by atoms with E-state index < -0.39 is 0 Å². The van der Waals surface area contributed by atoms with E-state index in [4.69, 9.17) is 14.2 Å². The van der Waals surface area contributed by atoms with Gasteiger partial charge in [-0.1, -0.05) is 31.2 Å². The number of hydrogen-bond donors (Lipinski definition) is 2. The lowest BCUT2D eigenvalue weighted by molar-refractivity contribution is -0.134. The molecule has 4 aromatic rings. The van der Waals surface area contributed by atoms with E-state index in [-0.39, 0.29) is 56.1 Å². The fraction of sp³-hybridized carbons (Fsp3) is 0.389. The number of nitrogens with one attached hydrogen (secondary N) is 1. The number of amides is 2. The molecule has 46 heavy (non-hydrogen) atoms. The summed E-state index contributed by atoms with van der Waals surface area (Å²) in [4.78, 5) is 30.8. The van der Waals surface area contributed by atoms with Crippen LogP contribution < -0.4 is 19.5 Å². The first-order valence-electron chi connectivity index (χ1n) is 15.8. The highest BCUT2D eigenvalue weighted by molar-refractivity contribution is 5.96. The minimum atomic E-state index is -0.341. The predicted octanol–water partition coefficient (Wildman–Crippen LogP) is 4.37. The Balaban J connectivity index is 1.21. The summed E-state index contributed by atoms with van der Waals surface area (Å²) in [6.07, 6.45) is 2.07. The molecule has 2 aliphatic rings. The van der Waals surface area contributed by atoms with E-state index >= 15 is 0 Å². The third-order valence-electron chi connectivity index (χ3n) is 8.91. The number of nitrogens with zero attached hydrogens (tertiary/aromatic N) is 3. The molecule has 2 N–H and O–H groups in total. The highest BCUT2D eigenvalue weighted by Gasteiger charge is 2.31. The molecule has 0 saturated carbocycles. The normalized spacial score (nSPS) is 18.5. The number of anilines is 1. The fourth-order valence-corrected chi connectivity index (χ4v) is 6.39. The lowest BCUT2D eigenvalue weighted by Crippen LogP contribution is -2.47. The summed E-state index contributed by atoms with van der Waals surface area (Å²) in [6.45, 7) is 5.77. The molecule has 0 aliphatic carbocycles. The van der Waals surface area contributed by atoms with Crippen LogP contribution in [-0.2, 0) is 36.0 Å². The maximum Gasteiger partial charge on any atom is 0.231 e. The highest BCUT2D eigenvalue weighted by atomic mass is 16.7. The molecule has 10 heteroatoms. The van der Waals surface area contributed by atoms with Gasteiger partial charge in [0.25, 0.3) is 0 Å². The van der Waals surface area contributed by atoms with Crippen LogP contribution in [0.2, 0.25) is 0 Å². The second kappa shape index (κ2) is 13.4. The second-order valence-electron chi connectivity index (χ2n) is 12.6. The highest BCUT2D eigenvalue weighted by Crippen LogP contribution is 2.33. The minimum Gasteiger partial charge on any atom is -0.488 e. The fourth-order valence-electron chi connectivity index (χ4n) is 6.39. The van der Waals surface area contributed by atoms with E-state index in [2.05, 4.69) is 17.1 Å². The van der Waals surface area contributed by atoms with Crippen molar-refractivity contribution in [3.63, 3.8) is 0 Å². The molecular weight excluding hydrogens is 584 g/mol. The molecular formula is C36H42N4O6. The van der Waals surface area contributed by atoms with Crippen LogP contribution in [0.4, 0.5) is 5.69 Å². The van der Waals surface area contributed by atoms with Crippen molar-refractivity contribution in [1.29, 1.82) is 0 Å². The van der Waals surface area contributed by atoms with Crippen LogP contribution in [0, 0.1) is 5.92 Å². The molecule has 0 saturated heterocycles. The summed E-state index contributed by atoms with van der Waals surface area (Å²) in [5.74, 6) is 1.86. The number of para-hydroxylation sites is 1. The number of aromatic nitrogens is 1. The van der Waals surface area contributed by atoms with Crippen LogP contribution in [0.25, 0.3) is 10.9 Å². The summed E-state index contributed by atoms with van der Waals surface area (Å²) in [6, 6.07) is 19.2. The van der Waals surface area contributed by atoms with Crippen LogP contribution in [0.15, 0.2) is 66.9 Å². The first-order valence-corrected chi connectivity index (χ1v) is 15.8. The van der Waals surface area contributed by atoms with Gasteiger partial charge in [0, 0.05) is 61.0 Å². The van der Waals surface area contributed by atoms with Crippen LogP contribution in [0.3, 0.4) is 0 Å². The van der Waals surface area contributed by atoms with Gasteiger partial charge in [-0.3, -0.25) is 14.5 Å². The van der Waals surface area contributed by atoms with Crippen molar-refractivity contribution in [2.75, 3.05) is 38.9 Å². The lowest BCUT2D eigenvalue weighted by Gasteiger charge is -2.34. The van der Waals surface area contributed by atoms with Crippen molar-refractivity contribution in [2.45, 2.75) is 45.4 Å². The molecule has 1 aromatic heterocycles. The van der Waals surface area contributed by atoms with Crippen LogP contribution >= 0.6 is 0 Å². The quantitative estimate of drug-likeness (QED) is 0.284. The topological polar surface area (TPSA) is 106 Å². The van der Waals surface area contributed by atoms with Crippen molar-refractivity contribution < 1.29 is 28.9 Å². The molecule has 10 nitrogen and oxygen atoms in total. The number of rotatable bonds is 9. The minimum absolute atomic E-state index is 0.0248. The number of likely N-dealkylation sites (N-methyl/N-ethyl adjacent to an activating group) is 1. The van der Waals surface area contributed by atoms with E-state index in [0.29, 0.717) is 36.6 Å². The maximum atomic E-state index is 13.6. The number of carbonyl (C=O) groups is 2. The third kappa shape index (κ3) is 6.83. The molecule has 6 rings (SSSR count). The smallest absolute Gasteiger partial charge is 0.231 e. The van der Waals surface area contributed by atoms with Crippen molar-refractivity contribution in [1.82, 2.24) is 14.4 Å². The molecule has 0 radical (unpaired) electrons. The van der Waals surface area contributed by atoms with Gasteiger partial charge in [-0.05, 0) is 61.5 Å². The van der Waals surface area contributed by atoms with Crippen molar-refractivity contribution >= 4 is 28.4 Å². The Morgan fingerprint density at radius 3 is 2.70 bits per heavy atom. The third-order valence-corrected chi connectivity index (χ3v) is 8.91. The molecule has 3 aromatic carbocycles. The molecule has 2 amide bonds. The zero-order valence-electron chi connectivity index (χ0n) is 26.9. The van der Waals surface area contributed by atoms with Crippen LogP contribution in [0.1, 0.15) is 30.5 Å². The number of fused-ring (bicyclic) bond motifs is 3. The number of ether oxygens (including phenoxy) is 3. The van der Waals surface area contributed by atoms with Gasteiger partial charge in [-0.15, -0.1) is 0 Å². The van der Waals surface area contributed by atoms with E-state index in [0.717, 1.165) is 33.5 Å². The number of benzene rings is 3. The van der Waals surface area contributed by atoms with E-state index in [1.54, 1.807) is 4.90 Å². The average Bonchev–Trinajstić information content (AvgIpc) is 3.64. The van der Waals surface area contributed by atoms with E-state index in [1.807, 2.05) is 92.4 Å². The standard InChI is InChI=1S/C36H42N4O6/c1-23-17-40(24(2)21-41)36(43)16-26-14-28(37-35(42)15-27-19-39(4)30-8-6-5-7-29(27)30)10-12-31(26)46-34(23)20-38(3)18-25-9-11-32-33(13-25)45-22-44-32/h5-14,19,23-24,34,41H,15-18,20-22H2,1-4H3,(H,37,42)/t23-,24+,34-/m0/s1. The summed E-state index contributed by atoms with van der Waals surface area (Å²) >= 11 is 0. The Kier molecular flexibility index (Phi) is 9.19. The summed E-state index contributed by atoms with van der Waals surface area (Å²) in [5.41, 5.74) is 4.42. The van der Waals surface area contributed by atoms with Crippen molar-refractivity contribution in [3.05, 3.63) is 83.6 Å². The van der Waals surface area contributed by atoms with Gasteiger partial charge >= 0.3 is 0 Å². The van der Waals surface area contributed by atoms with Crippen LogP contribution in [0.5, 0.6) is 17.2 Å². The average molecular weight is 627 g/mol. The number of aliphatic hydroxyl groups excluding tert-OH is 1. The largest absolute Gasteiger partial charge is 0.488 e. The van der Waals surface area contributed by atoms with Gasteiger partial charge in [-0.25, -0.2) is 0 Å². The number of carbonyl (C=O) groups excluding carboxylic acids is 2. The van der Waals surface area contributed by atoms with Crippen LogP contribution in [-0.4, -0.2) is 77.0 Å². The van der Waals surface area contributed by atoms with Gasteiger partial charge < -0.3 is 34.1 Å². The molecule has 3 atom stereocenters. The molecule has 0 bridgehead atoms. The van der Waals surface area contributed by atoms with Gasteiger partial charge in [0.05, 0.1) is 25.5 Å². The molecule has 0 unspecified atom stereocenters. The Morgan fingerprint density at radius 2 is 1.87 bits per heavy atom. The first kappa shape index (κ1) is 31.4. The Morgan fingerprint density at radius 1 is 1.09 bits per heavy atom. The molecule has 242 valence electrons. The van der Waals surface area contributed by atoms with Gasteiger partial charge in [0.2, 0.25) is 18.6 Å². The van der Waals surface area contributed by atoms with Crippen molar-refractivity contribution in [2.24, 2.45) is 13.0 Å². The van der Waals surface area contributed by atoms with Gasteiger partial charge in [0.15, 0.2) is 11.5 Å². The SMILES string of the molecule is C[C@H](CO)N1C[C@H](C)[C@H](CN(C)Cc2ccc3c(c2)OCO3)Oc2ccc(NC(=O)Cc3cn(C)c4ccccc34)cc2CC1=O. The monoisotopic (exact) mass is 626 g/mol. The Hall–Kier alpha value is -4.54. The molecule has 3 heterocycles. The predicted molar refractivity (Wildman–Crippen MR) is 176 cm³/mol. The molecule has 0 spiro atoms. The van der Waals surface area contributed by atoms with Crippen molar-refractivity contribution in [3.8, 4) is 17.2 Å². The zero-order chi connectivity index (χ0) is 32.4. The van der Waals surface area contributed by atoms with Gasteiger partial charge in [-0.2, -0.15) is 0 Å². The first-order chi connectivity index (χ1) is 22.2. The Bertz CT molecular complexity index is 1730. The second-order valence-corrected chi connectivity index (χ2v) is 12.6. The summed E-state index contributed by atoms with van der Waals surface area (Å²) in [5, 5.41) is 14.1. The zero-order valence-corrected chi connectivity index (χ0v) is 26.9. The van der Waals surface area contributed by atoms with Gasteiger partial charge in [0.1, 0.15) is 11.9 Å².